The number of hydrogen-bond acceptors (Lipinski definition) is 2. The van der Waals surface area contributed by atoms with Gasteiger partial charge >= 0.3 is 0 Å². The molecule has 0 saturated carbocycles. The first-order chi connectivity index (χ1) is 10.7. The van der Waals surface area contributed by atoms with Crippen molar-refractivity contribution in [2.45, 2.75) is 0 Å². The van der Waals surface area contributed by atoms with Gasteiger partial charge in [-0.3, -0.25) is 0 Å². The van der Waals surface area contributed by atoms with Crippen molar-refractivity contribution < 1.29 is 9.26 Å². The highest BCUT2D eigenvalue weighted by Gasteiger charge is 2.05. The Balaban J connectivity index is 4.29. The summed E-state index contributed by atoms with van der Waals surface area (Å²) in [6.45, 7) is 17.3. The summed E-state index contributed by atoms with van der Waals surface area (Å²) in [6.07, 6.45) is 18.7. The molecule has 0 amide bonds. The highest BCUT2D eigenvalue weighted by atomic mass is 31.1. The molecule has 0 spiro atoms. The minimum atomic E-state index is -0.618. The van der Waals surface area contributed by atoms with Crippen LogP contribution in [-0.4, -0.2) is 19.4 Å². The lowest BCUT2D eigenvalue weighted by molar-refractivity contribution is 0.243. The summed E-state index contributed by atoms with van der Waals surface area (Å²) < 4.78 is 11.5. The molecule has 0 rings (SSSR count). The lowest BCUT2D eigenvalue weighted by Crippen LogP contribution is -1.99. The smallest absolute Gasteiger partial charge is 0.122 e. The third-order valence-electron chi connectivity index (χ3n) is 2.35. The van der Waals surface area contributed by atoms with Crippen LogP contribution in [0.5, 0.6) is 0 Å². The average molecular weight is 316 g/mol. The average Bonchev–Trinajstić information content (AvgIpc) is 2.52. The van der Waals surface area contributed by atoms with Crippen LogP contribution in [0.15, 0.2) is 98.6 Å². The molecule has 0 aromatic heterocycles. The van der Waals surface area contributed by atoms with E-state index in [4.69, 9.17) is 9.26 Å². The molecule has 0 saturated heterocycles. The molecule has 1 unspecified atom stereocenters. The predicted molar refractivity (Wildman–Crippen MR) is 100.0 cm³/mol. The fourth-order valence-corrected chi connectivity index (χ4v) is 2.22. The molecule has 0 aromatic carbocycles. The quantitative estimate of drug-likeness (QED) is 0.262. The lowest BCUT2D eigenvalue weighted by Gasteiger charge is -2.15. The maximum atomic E-state index is 5.83. The number of ether oxygens (including phenoxy) is 1. The second kappa shape index (κ2) is 13.9. The summed E-state index contributed by atoms with van der Waals surface area (Å²) in [5.74, 6) is 1.48. The van der Waals surface area contributed by atoms with Crippen molar-refractivity contribution in [3.8, 4) is 0 Å². The molecule has 0 N–H and O–H groups in total. The van der Waals surface area contributed by atoms with Crippen LogP contribution in [0.25, 0.3) is 0 Å². The van der Waals surface area contributed by atoms with Crippen LogP contribution in [0.4, 0.5) is 0 Å². The molecule has 1 atom stereocenters. The van der Waals surface area contributed by atoms with E-state index in [1.807, 2.05) is 36.5 Å². The van der Waals surface area contributed by atoms with Crippen molar-refractivity contribution in [3.05, 3.63) is 98.6 Å². The van der Waals surface area contributed by atoms with E-state index in [2.05, 4.69) is 33.0 Å². The molecule has 0 bridgehead atoms. The zero-order chi connectivity index (χ0) is 16.6. The van der Waals surface area contributed by atoms with E-state index in [0.29, 0.717) is 6.61 Å². The van der Waals surface area contributed by atoms with Crippen molar-refractivity contribution >= 4 is 8.15 Å². The van der Waals surface area contributed by atoms with Crippen molar-refractivity contribution in [1.29, 1.82) is 0 Å². The molecule has 3 heteroatoms. The van der Waals surface area contributed by atoms with E-state index in [1.54, 1.807) is 24.3 Å². The molecular formula is C19H25O2P. The number of allylic oxidation sites excluding steroid dienone is 10. The minimum absolute atomic E-state index is 0.578. The van der Waals surface area contributed by atoms with Gasteiger partial charge in [-0.05, 0) is 31.0 Å². The Morgan fingerprint density at radius 2 is 1.41 bits per heavy atom. The van der Waals surface area contributed by atoms with Gasteiger partial charge in [0, 0.05) is 6.16 Å². The van der Waals surface area contributed by atoms with Gasteiger partial charge in [-0.15, -0.1) is 0 Å². The third-order valence-corrected chi connectivity index (χ3v) is 3.69. The van der Waals surface area contributed by atoms with E-state index in [-0.39, 0.29) is 0 Å². The zero-order valence-electron chi connectivity index (χ0n) is 13.3. The monoisotopic (exact) mass is 316 g/mol. The molecule has 2 nitrogen and oxygen atoms in total. The van der Waals surface area contributed by atoms with E-state index in [9.17, 15) is 0 Å². The Morgan fingerprint density at radius 3 is 1.91 bits per heavy atom. The van der Waals surface area contributed by atoms with Crippen LogP contribution in [0.3, 0.4) is 0 Å². The largest absolute Gasteiger partial charge is 0.493 e. The van der Waals surface area contributed by atoms with Gasteiger partial charge in [-0.25, -0.2) is 0 Å². The first-order valence-corrected chi connectivity index (χ1v) is 8.82. The first-order valence-electron chi connectivity index (χ1n) is 6.93. The summed E-state index contributed by atoms with van der Waals surface area (Å²) in [6, 6.07) is 0. The van der Waals surface area contributed by atoms with Gasteiger partial charge in [0.2, 0.25) is 0 Å². The van der Waals surface area contributed by atoms with Gasteiger partial charge in [0.15, 0.2) is 0 Å². The second-order valence-electron chi connectivity index (χ2n) is 4.08. The van der Waals surface area contributed by atoms with E-state index in [0.717, 1.165) is 17.7 Å². The highest BCUT2D eigenvalue weighted by Crippen LogP contribution is 2.35. The van der Waals surface area contributed by atoms with Crippen LogP contribution in [0.1, 0.15) is 0 Å². The summed E-state index contributed by atoms with van der Waals surface area (Å²) in [7, 11) is -0.618. The molecule has 118 valence electrons. The van der Waals surface area contributed by atoms with E-state index < -0.39 is 8.15 Å². The Kier molecular flexibility index (Phi) is 12.6. The summed E-state index contributed by atoms with van der Waals surface area (Å²) in [5, 5.41) is 0. The molecule has 22 heavy (non-hydrogen) atoms. The summed E-state index contributed by atoms with van der Waals surface area (Å²) >= 11 is 0. The number of rotatable bonds is 12. The third kappa shape index (κ3) is 10.7. The molecule has 0 fully saturated rings. The normalized spacial score (nSPS) is 13.9. The van der Waals surface area contributed by atoms with Crippen molar-refractivity contribution in [1.82, 2.24) is 0 Å². The maximum Gasteiger partial charge on any atom is 0.122 e. The van der Waals surface area contributed by atoms with E-state index in [1.165, 1.54) is 0 Å². The second-order valence-corrected chi connectivity index (χ2v) is 5.96. The SMILES string of the molecule is C=C/C=C\C=C(/C=C)OCCP(C)O/C(C=C)=C/C=C\C=C. The van der Waals surface area contributed by atoms with Gasteiger partial charge < -0.3 is 9.26 Å². The van der Waals surface area contributed by atoms with Gasteiger partial charge in [-0.2, -0.15) is 0 Å². The number of hydrogen-bond donors (Lipinski definition) is 0. The lowest BCUT2D eigenvalue weighted by atomic mass is 10.4. The molecular weight excluding hydrogens is 291 g/mol. The Labute approximate surface area is 136 Å². The van der Waals surface area contributed by atoms with Crippen molar-refractivity contribution in [3.63, 3.8) is 0 Å². The van der Waals surface area contributed by atoms with Crippen molar-refractivity contribution in [2.24, 2.45) is 0 Å². The molecule has 0 aromatic rings. The highest BCUT2D eigenvalue weighted by molar-refractivity contribution is 7.51. The molecule has 0 heterocycles. The summed E-state index contributed by atoms with van der Waals surface area (Å²) in [5.41, 5.74) is 0. The predicted octanol–water partition coefficient (Wildman–Crippen LogP) is 5.67. The molecule has 0 aliphatic carbocycles. The van der Waals surface area contributed by atoms with Crippen LogP contribution in [-0.2, 0) is 9.26 Å². The Morgan fingerprint density at radius 1 is 0.864 bits per heavy atom. The molecule has 0 aliphatic heterocycles. The fraction of sp³-hybridized carbons (Fsp3) is 0.158. The van der Waals surface area contributed by atoms with Gasteiger partial charge in [0.1, 0.15) is 11.5 Å². The van der Waals surface area contributed by atoms with Crippen LogP contribution in [0, 0.1) is 0 Å². The minimum Gasteiger partial charge on any atom is -0.493 e. The fourth-order valence-electron chi connectivity index (χ4n) is 1.29. The Hall–Kier alpha value is -2.05. The molecule has 0 radical (unpaired) electrons. The zero-order valence-corrected chi connectivity index (χ0v) is 14.2. The standard InChI is InChI=1S/C19H25O2P/c1-6-10-12-14-18(8-3)20-16-17-22(5)21-19(9-4)15-13-11-7-2/h6-15H,1-4,16-17H2,5H3/b12-10-,13-11-,18-14+,19-15+. The Bertz CT molecular complexity index is 482. The first kappa shape index (κ1) is 19.9. The van der Waals surface area contributed by atoms with Crippen LogP contribution < -0.4 is 0 Å². The summed E-state index contributed by atoms with van der Waals surface area (Å²) in [4.78, 5) is 0. The van der Waals surface area contributed by atoms with Crippen LogP contribution in [0.2, 0.25) is 0 Å². The van der Waals surface area contributed by atoms with Crippen molar-refractivity contribution in [2.75, 3.05) is 19.4 Å². The topological polar surface area (TPSA) is 18.5 Å². The van der Waals surface area contributed by atoms with Crippen LogP contribution >= 0.6 is 8.15 Å². The maximum absolute atomic E-state index is 5.83. The van der Waals surface area contributed by atoms with Gasteiger partial charge in [0.25, 0.3) is 0 Å². The van der Waals surface area contributed by atoms with E-state index >= 15 is 0 Å². The van der Waals surface area contributed by atoms with Gasteiger partial charge in [0.05, 0.1) is 14.8 Å². The molecule has 0 aliphatic rings. The van der Waals surface area contributed by atoms with Gasteiger partial charge in [-0.1, -0.05) is 62.8 Å².